The predicted molar refractivity (Wildman–Crippen MR) is 140 cm³/mol. The van der Waals surface area contributed by atoms with Crippen LogP contribution in [0.5, 0.6) is 5.75 Å². The molecule has 0 spiro atoms. The number of ether oxygens (including phenoxy) is 1. The van der Waals surface area contributed by atoms with Crippen molar-refractivity contribution in [1.82, 2.24) is 4.98 Å². The largest absolute Gasteiger partial charge is 0.484 e. The van der Waals surface area contributed by atoms with Gasteiger partial charge in [0.05, 0.1) is 12.7 Å². The van der Waals surface area contributed by atoms with Crippen LogP contribution in [0, 0.1) is 12.8 Å². The van der Waals surface area contributed by atoms with Gasteiger partial charge in [0.1, 0.15) is 18.8 Å². The van der Waals surface area contributed by atoms with Crippen molar-refractivity contribution in [3.63, 3.8) is 0 Å². The first-order chi connectivity index (χ1) is 17.6. The summed E-state index contributed by atoms with van der Waals surface area (Å²) in [5, 5.41) is 12.0. The van der Waals surface area contributed by atoms with Gasteiger partial charge in [-0.2, -0.15) is 0 Å². The van der Waals surface area contributed by atoms with Crippen LogP contribution in [0.1, 0.15) is 48.1 Å². The zero-order chi connectivity index (χ0) is 25.0. The van der Waals surface area contributed by atoms with Gasteiger partial charge in [-0.1, -0.05) is 85.3 Å². The fraction of sp³-hybridized carbons (Fsp3) is 0.323. The number of oxazole rings is 1. The van der Waals surface area contributed by atoms with E-state index in [1.54, 1.807) is 6.20 Å². The number of benzene rings is 3. The van der Waals surface area contributed by atoms with Gasteiger partial charge >= 0.3 is 0 Å². The lowest BCUT2D eigenvalue weighted by molar-refractivity contribution is -0.923. The maximum absolute atomic E-state index is 12.0. The van der Waals surface area contributed by atoms with Crippen molar-refractivity contribution >= 4 is 0 Å². The molecular formula is C31H35N2O3+. The topological polar surface area (TPSA) is 59.9 Å². The van der Waals surface area contributed by atoms with Crippen LogP contribution in [0.3, 0.4) is 0 Å². The van der Waals surface area contributed by atoms with Crippen LogP contribution in [0.15, 0.2) is 95.5 Å². The Bertz CT molecular complexity index is 1200. The third-order valence-corrected chi connectivity index (χ3v) is 7.39. The molecule has 0 saturated carbocycles. The molecule has 3 aromatic carbocycles. The van der Waals surface area contributed by atoms with Crippen molar-refractivity contribution in [2.24, 2.45) is 5.92 Å². The predicted octanol–water partition coefficient (Wildman–Crippen LogP) is 4.53. The van der Waals surface area contributed by atoms with Crippen molar-refractivity contribution < 1.29 is 19.2 Å². The number of nitrogens with one attached hydrogen (secondary N) is 1. The van der Waals surface area contributed by atoms with Gasteiger partial charge in [0, 0.05) is 12.3 Å². The fourth-order valence-corrected chi connectivity index (χ4v) is 5.26. The molecule has 1 aliphatic heterocycles. The second-order valence-corrected chi connectivity index (χ2v) is 9.88. The van der Waals surface area contributed by atoms with Crippen molar-refractivity contribution in [2.45, 2.75) is 44.9 Å². The minimum atomic E-state index is -1.46. The summed E-state index contributed by atoms with van der Waals surface area (Å²) >= 11 is 0. The lowest BCUT2D eigenvalue weighted by Gasteiger charge is -2.35. The normalized spacial score (nSPS) is 20.2. The molecule has 186 valence electrons. The Balaban J connectivity index is 1.35. The van der Waals surface area contributed by atoms with Crippen LogP contribution < -0.4 is 9.64 Å². The Morgan fingerprint density at radius 1 is 0.972 bits per heavy atom. The third kappa shape index (κ3) is 5.08. The molecule has 1 aliphatic rings. The van der Waals surface area contributed by atoms with Crippen molar-refractivity contribution in [3.8, 4) is 5.75 Å². The fourth-order valence-electron chi connectivity index (χ4n) is 5.26. The highest BCUT2D eigenvalue weighted by Crippen LogP contribution is 2.36. The highest BCUT2D eigenvalue weighted by molar-refractivity contribution is 5.41. The van der Waals surface area contributed by atoms with E-state index in [0.29, 0.717) is 18.4 Å². The van der Waals surface area contributed by atoms with Crippen LogP contribution in [-0.2, 0) is 12.1 Å². The Morgan fingerprint density at radius 3 is 2.22 bits per heavy atom. The van der Waals surface area contributed by atoms with Gasteiger partial charge in [-0.15, -0.1) is 0 Å². The van der Waals surface area contributed by atoms with E-state index in [4.69, 9.17) is 9.15 Å². The summed E-state index contributed by atoms with van der Waals surface area (Å²) in [6.45, 7) is 7.01. The monoisotopic (exact) mass is 483 g/mol. The first kappa shape index (κ1) is 24.3. The minimum Gasteiger partial charge on any atom is -0.484 e. The van der Waals surface area contributed by atoms with Crippen molar-refractivity contribution in [1.29, 1.82) is 0 Å². The average Bonchev–Trinajstić information content (AvgIpc) is 3.40. The number of aliphatic hydroxyl groups is 1. The molecule has 5 rings (SSSR count). The highest BCUT2D eigenvalue weighted by atomic mass is 16.5. The van der Waals surface area contributed by atoms with E-state index in [9.17, 15) is 5.11 Å². The lowest BCUT2D eigenvalue weighted by atomic mass is 9.86. The first-order valence-electron chi connectivity index (χ1n) is 12.9. The van der Waals surface area contributed by atoms with E-state index in [-0.39, 0.29) is 6.10 Å². The molecule has 1 saturated heterocycles. The van der Waals surface area contributed by atoms with Gasteiger partial charge in [0.25, 0.3) is 0 Å². The average molecular weight is 484 g/mol. The number of hydrogen-bond acceptors (Lipinski definition) is 4. The number of quaternary nitrogens is 1. The van der Waals surface area contributed by atoms with Crippen LogP contribution in [0.25, 0.3) is 0 Å². The molecule has 36 heavy (non-hydrogen) atoms. The summed E-state index contributed by atoms with van der Waals surface area (Å²) in [5.41, 5.74) is 1.24. The van der Waals surface area contributed by atoms with E-state index < -0.39 is 5.60 Å². The number of likely N-dealkylation sites (tertiary alicyclic amines) is 1. The van der Waals surface area contributed by atoms with Crippen LogP contribution in [0.4, 0.5) is 0 Å². The summed E-state index contributed by atoms with van der Waals surface area (Å²) in [6, 6.07) is 27.5. The zero-order valence-electron chi connectivity index (χ0n) is 21.1. The SMILES string of the molecule is CCC1CC[NH+](Cc2cnc(C(O)(c3ccccc3)c3ccccc3)o2)CC1Oc1ccc(C)cc1. The van der Waals surface area contributed by atoms with Gasteiger partial charge < -0.3 is 19.2 Å². The lowest BCUT2D eigenvalue weighted by Crippen LogP contribution is -3.13. The molecule has 3 unspecified atom stereocenters. The van der Waals surface area contributed by atoms with Gasteiger partial charge in [-0.25, -0.2) is 4.98 Å². The van der Waals surface area contributed by atoms with E-state index in [2.05, 4.69) is 43.1 Å². The highest BCUT2D eigenvalue weighted by Gasteiger charge is 2.39. The standard InChI is InChI=1S/C31H34N2O3/c1-3-24-18-19-33(22-29(24)35-27-16-14-23(2)15-17-27)21-28-20-32-30(36-28)31(34,25-10-6-4-7-11-25)26-12-8-5-9-13-26/h4-17,20,24,29,34H,3,18-19,21-22H2,1-2H3/p+1. The molecule has 0 bridgehead atoms. The van der Waals surface area contributed by atoms with Crippen molar-refractivity contribution in [3.05, 3.63) is 119 Å². The number of hydrogen-bond donors (Lipinski definition) is 2. The number of rotatable bonds is 8. The van der Waals surface area contributed by atoms with Gasteiger partial charge in [-0.3, -0.25) is 0 Å². The molecule has 0 aliphatic carbocycles. The van der Waals surface area contributed by atoms with E-state index in [1.807, 2.05) is 60.7 Å². The minimum absolute atomic E-state index is 0.161. The summed E-state index contributed by atoms with van der Waals surface area (Å²) < 4.78 is 12.7. The molecule has 5 nitrogen and oxygen atoms in total. The van der Waals surface area contributed by atoms with Crippen LogP contribution in [0.2, 0.25) is 0 Å². The summed E-state index contributed by atoms with van der Waals surface area (Å²) in [5.74, 6) is 2.55. The number of nitrogens with zero attached hydrogens (tertiary/aromatic N) is 1. The van der Waals surface area contributed by atoms with Crippen LogP contribution >= 0.6 is 0 Å². The smallest absolute Gasteiger partial charge is 0.236 e. The molecule has 3 atom stereocenters. The van der Waals surface area contributed by atoms with Crippen molar-refractivity contribution in [2.75, 3.05) is 13.1 Å². The molecule has 5 heteroatoms. The molecule has 0 radical (unpaired) electrons. The number of aryl methyl sites for hydroxylation is 1. The molecule has 2 heterocycles. The second kappa shape index (κ2) is 10.7. The first-order valence-corrected chi connectivity index (χ1v) is 12.9. The second-order valence-electron chi connectivity index (χ2n) is 9.88. The number of aromatic nitrogens is 1. The maximum Gasteiger partial charge on any atom is 0.236 e. The molecule has 1 fully saturated rings. The molecular weight excluding hydrogens is 448 g/mol. The molecule has 4 aromatic rings. The third-order valence-electron chi connectivity index (χ3n) is 7.39. The van der Waals surface area contributed by atoms with Gasteiger partial charge in [0.2, 0.25) is 5.89 Å². The Kier molecular flexibility index (Phi) is 7.21. The summed E-state index contributed by atoms with van der Waals surface area (Å²) in [7, 11) is 0. The Hall–Kier alpha value is -3.41. The molecule has 0 amide bonds. The molecule has 2 N–H and O–H groups in total. The zero-order valence-corrected chi connectivity index (χ0v) is 21.1. The maximum atomic E-state index is 12.0. The number of piperidine rings is 1. The van der Waals surface area contributed by atoms with E-state index in [0.717, 1.165) is 48.6 Å². The summed E-state index contributed by atoms with van der Waals surface area (Å²) in [4.78, 5) is 5.98. The van der Waals surface area contributed by atoms with E-state index >= 15 is 0 Å². The van der Waals surface area contributed by atoms with Crippen LogP contribution in [-0.4, -0.2) is 29.3 Å². The van der Waals surface area contributed by atoms with Gasteiger partial charge in [0.15, 0.2) is 17.5 Å². The Labute approximate surface area is 213 Å². The van der Waals surface area contributed by atoms with Gasteiger partial charge in [-0.05, 0) is 36.6 Å². The summed E-state index contributed by atoms with van der Waals surface area (Å²) in [6.07, 6.45) is 4.15. The molecule has 1 aromatic heterocycles. The van der Waals surface area contributed by atoms with E-state index in [1.165, 1.54) is 10.5 Å². The quantitative estimate of drug-likeness (QED) is 0.387. The Morgan fingerprint density at radius 2 is 1.61 bits per heavy atom.